The lowest BCUT2D eigenvalue weighted by Gasteiger charge is -2.58. The SMILES string of the molecule is CCC(=O)O[C@@H]1CC[C@@]2(C)C(=CC[C@H]3[C@@H]4C[C@@]5(CC)OC(CC[C@@H](C)CNC(C)=O)=C(C)[C@@H]5[C@@]4(C)CC[C@@H]32)C1. The van der Waals surface area contributed by atoms with Crippen molar-refractivity contribution in [3.63, 3.8) is 0 Å². The van der Waals surface area contributed by atoms with Crippen molar-refractivity contribution in [3.8, 4) is 0 Å². The van der Waals surface area contributed by atoms with E-state index in [9.17, 15) is 9.59 Å². The molecule has 1 aliphatic heterocycles. The largest absolute Gasteiger partial charge is 0.491 e. The molecule has 0 unspecified atom stereocenters. The van der Waals surface area contributed by atoms with Gasteiger partial charge in [-0.15, -0.1) is 0 Å². The van der Waals surface area contributed by atoms with Crippen LogP contribution in [0, 0.1) is 40.4 Å². The molecule has 39 heavy (non-hydrogen) atoms. The third kappa shape index (κ3) is 4.78. The van der Waals surface area contributed by atoms with Crippen LogP contribution in [0.1, 0.15) is 119 Å². The standard InChI is InChI=1S/C34H53NO4/c1-8-30(37)38-25-14-16-32(6)24(18-25)11-12-26-27(32)15-17-33(7)28(26)19-34(9-2)31(33)22(4)29(39-34)13-10-21(3)20-35-23(5)36/h11,21,25-28,31H,8-10,12-20H2,1-7H3,(H,35,36)/t21-,25-,26-,27+,28+,31-,32+,33+,34-/m1/s1. The predicted octanol–water partition coefficient (Wildman–Crippen LogP) is 7.50. The van der Waals surface area contributed by atoms with E-state index in [2.05, 4.69) is 46.0 Å². The molecule has 1 amide bonds. The lowest BCUT2D eigenvalue weighted by molar-refractivity contribution is -0.151. The molecule has 0 aromatic heterocycles. The van der Waals surface area contributed by atoms with Gasteiger partial charge in [0.15, 0.2) is 0 Å². The Labute approximate surface area is 236 Å². The molecular formula is C34H53NO4. The van der Waals surface area contributed by atoms with E-state index in [1.54, 1.807) is 12.5 Å². The first-order chi connectivity index (χ1) is 18.5. The van der Waals surface area contributed by atoms with Gasteiger partial charge in [0.1, 0.15) is 11.7 Å². The molecule has 5 aliphatic rings. The van der Waals surface area contributed by atoms with Crippen LogP contribution in [0.25, 0.3) is 0 Å². The summed E-state index contributed by atoms with van der Waals surface area (Å²) in [5.74, 6) is 4.35. The minimum atomic E-state index is -0.0568. The molecule has 1 N–H and O–H groups in total. The van der Waals surface area contributed by atoms with Crippen LogP contribution in [0.4, 0.5) is 0 Å². The second-order valence-corrected chi connectivity index (χ2v) is 14.4. The number of rotatable bonds is 8. The summed E-state index contributed by atoms with van der Waals surface area (Å²) in [6.07, 6.45) is 14.2. The maximum atomic E-state index is 12.0. The van der Waals surface area contributed by atoms with Crippen LogP contribution in [0.5, 0.6) is 0 Å². The van der Waals surface area contributed by atoms with Crippen LogP contribution in [0.3, 0.4) is 0 Å². The Hall–Kier alpha value is -1.78. The zero-order valence-corrected chi connectivity index (χ0v) is 25.7. The Bertz CT molecular complexity index is 1050. The van der Waals surface area contributed by atoms with Crippen molar-refractivity contribution in [1.29, 1.82) is 0 Å². The van der Waals surface area contributed by atoms with Crippen molar-refractivity contribution >= 4 is 11.9 Å². The summed E-state index contributed by atoms with van der Waals surface area (Å²) in [5.41, 5.74) is 3.57. The van der Waals surface area contributed by atoms with Gasteiger partial charge >= 0.3 is 5.97 Å². The number of fused-ring (bicyclic) bond motifs is 7. The summed E-state index contributed by atoms with van der Waals surface area (Å²) in [7, 11) is 0. The summed E-state index contributed by atoms with van der Waals surface area (Å²) in [6.45, 7) is 16.3. The maximum absolute atomic E-state index is 12.0. The van der Waals surface area contributed by atoms with Gasteiger partial charge < -0.3 is 14.8 Å². The van der Waals surface area contributed by atoms with E-state index < -0.39 is 0 Å². The molecule has 5 heteroatoms. The van der Waals surface area contributed by atoms with Gasteiger partial charge in [-0.2, -0.15) is 0 Å². The Morgan fingerprint density at radius 3 is 2.64 bits per heavy atom. The number of hydrogen-bond acceptors (Lipinski definition) is 4. The quantitative estimate of drug-likeness (QED) is 0.256. The van der Waals surface area contributed by atoms with Crippen molar-refractivity contribution in [1.82, 2.24) is 5.32 Å². The zero-order valence-electron chi connectivity index (χ0n) is 25.7. The molecule has 4 aliphatic carbocycles. The van der Waals surface area contributed by atoms with Crippen molar-refractivity contribution in [2.24, 2.45) is 40.4 Å². The van der Waals surface area contributed by atoms with Gasteiger partial charge in [0, 0.05) is 38.6 Å². The van der Waals surface area contributed by atoms with Gasteiger partial charge in [-0.05, 0) is 98.4 Å². The maximum Gasteiger partial charge on any atom is 0.305 e. The highest BCUT2D eigenvalue weighted by Crippen LogP contribution is 2.72. The molecule has 0 aromatic carbocycles. The molecule has 9 atom stereocenters. The van der Waals surface area contributed by atoms with Crippen LogP contribution < -0.4 is 5.32 Å². The fraction of sp³-hybridized carbons (Fsp3) is 0.824. The molecule has 0 saturated heterocycles. The number of nitrogens with one attached hydrogen (secondary N) is 1. The molecule has 1 heterocycles. The van der Waals surface area contributed by atoms with Gasteiger partial charge in [0.25, 0.3) is 0 Å². The molecule has 0 bridgehead atoms. The fourth-order valence-electron chi connectivity index (χ4n) is 10.1. The first kappa shape index (κ1) is 28.7. The average molecular weight is 540 g/mol. The van der Waals surface area contributed by atoms with E-state index in [0.717, 1.165) is 56.9 Å². The van der Waals surface area contributed by atoms with Gasteiger partial charge in [0.2, 0.25) is 5.91 Å². The normalized spacial score (nSPS) is 41.4. The molecule has 5 nitrogen and oxygen atoms in total. The zero-order chi connectivity index (χ0) is 28.2. The van der Waals surface area contributed by atoms with Crippen LogP contribution in [0.2, 0.25) is 0 Å². The van der Waals surface area contributed by atoms with Crippen LogP contribution >= 0.6 is 0 Å². The lowest BCUT2D eigenvalue weighted by atomic mass is 9.47. The first-order valence-electron chi connectivity index (χ1n) is 16.0. The minimum Gasteiger partial charge on any atom is -0.491 e. The number of allylic oxidation sites excluding steroid dienone is 2. The van der Waals surface area contributed by atoms with Gasteiger partial charge in [-0.25, -0.2) is 0 Å². The van der Waals surface area contributed by atoms with Crippen molar-refractivity contribution < 1.29 is 19.1 Å². The number of carbonyl (C=O) groups excluding carboxylic acids is 2. The Balaban J connectivity index is 1.34. The van der Waals surface area contributed by atoms with Crippen molar-refractivity contribution in [2.45, 2.75) is 131 Å². The second-order valence-electron chi connectivity index (χ2n) is 14.4. The number of carbonyl (C=O) groups is 2. The lowest BCUT2D eigenvalue weighted by Crippen LogP contribution is -2.50. The second kappa shape index (κ2) is 10.6. The Morgan fingerprint density at radius 2 is 1.95 bits per heavy atom. The van der Waals surface area contributed by atoms with Crippen molar-refractivity contribution in [3.05, 3.63) is 23.0 Å². The molecule has 3 fully saturated rings. The monoisotopic (exact) mass is 539 g/mol. The fourth-order valence-corrected chi connectivity index (χ4v) is 10.1. The van der Waals surface area contributed by atoms with Crippen LogP contribution in [-0.2, 0) is 19.1 Å². The molecule has 5 rings (SSSR count). The minimum absolute atomic E-state index is 0.0501. The topological polar surface area (TPSA) is 64.6 Å². The third-order valence-corrected chi connectivity index (χ3v) is 12.2. The highest BCUT2D eigenvalue weighted by Gasteiger charge is 2.68. The van der Waals surface area contributed by atoms with Gasteiger partial charge in [-0.1, -0.05) is 46.3 Å². The number of ether oxygens (including phenoxy) is 2. The van der Waals surface area contributed by atoms with E-state index in [1.807, 2.05) is 6.92 Å². The van der Waals surface area contributed by atoms with E-state index in [4.69, 9.17) is 9.47 Å². The number of esters is 1. The van der Waals surface area contributed by atoms with Gasteiger partial charge in [0.05, 0.1) is 5.76 Å². The Kier molecular flexibility index (Phi) is 7.78. The first-order valence-corrected chi connectivity index (χ1v) is 16.0. The molecular weight excluding hydrogens is 486 g/mol. The third-order valence-electron chi connectivity index (χ3n) is 12.2. The smallest absolute Gasteiger partial charge is 0.305 e. The molecule has 0 aromatic rings. The predicted molar refractivity (Wildman–Crippen MR) is 155 cm³/mol. The van der Waals surface area contributed by atoms with Crippen molar-refractivity contribution in [2.75, 3.05) is 6.54 Å². The molecule has 0 spiro atoms. The molecule has 0 radical (unpaired) electrons. The summed E-state index contributed by atoms with van der Waals surface area (Å²) < 4.78 is 12.9. The van der Waals surface area contributed by atoms with Crippen LogP contribution in [0.15, 0.2) is 23.0 Å². The summed E-state index contributed by atoms with van der Waals surface area (Å²) in [6, 6.07) is 0. The molecule has 218 valence electrons. The van der Waals surface area contributed by atoms with Crippen LogP contribution in [-0.4, -0.2) is 30.1 Å². The summed E-state index contributed by atoms with van der Waals surface area (Å²) >= 11 is 0. The Morgan fingerprint density at radius 1 is 1.18 bits per heavy atom. The van der Waals surface area contributed by atoms with E-state index in [-0.39, 0.29) is 29.0 Å². The average Bonchev–Trinajstić information content (AvgIpc) is 3.34. The highest BCUT2D eigenvalue weighted by atomic mass is 16.5. The number of hydrogen-bond donors (Lipinski definition) is 1. The highest BCUT2D eigenvalue weighted by molar-refractivity contribution is 5.72. The summed E-state index contributed by atoms with van der Waals surface area (Å²) in [5, 5.41) is 2.97. The van der Waals surface area contributed by atoms with E-state index in [1.165, 1.54) is 37.0 Å². The summed E-state index contributed by atoms with van der Waals surface area (Å²) in [4.78, 5) is 23.3. The van der Waals surface area contributed by atoms with E-state index >= 15 is 0 Å². The molecule has 3 saturated carbocycles. The number of amides is 1. The van der Waals surface area contributed by atoms with Gasteiger partial charge in [-0.3, -0.25) is 9.59 Å². The van der Waals surface area contributed by atoms with E-state index in [0.29, 0.717) is 29.6 Å².